The first-order chi connectivity index (χ1) is 14.6. The SMILES string of the molecule is COC(=O)c1c(C)c(-c2cc(C(C)(C)C)c(O)c(C(=O)OC)c2C)cc(C(C)(C)C)c1O. The maximum Gasteiger partial charge on any atom is 0.341 e. The van der Waals surface area contributed by atoms with Crippen molar-refractivity contribution in [2.75, 3.05) is 14.2 Å². The maximum absolute atomic E-state index is 12.6. The van der Waals surface area contributed by atoms with E-state index in [9.17, 15) is 19.8 Å². The lowest BCUT2D eigenvalue weighted by Gasteiger charge is -2.27. The van der Waals surface area contributed by atoms with Crippen molar-refractivity contribution in [1.29, 1.82) is 0 Å². The molecule has 2 aromatic rings. The molecule has 2 N–H and O–H groups in total. The van der Waals surface area contributed by atoms with Gasteiger partial charge in [0.15, 0.2) is 0 Å². The average molecular weight is 443 g/mol. The molecule has 0 unspecified atom stereocenters. The second-order valence-electron chi connectivity index (χ2n) is 10.1. The van der Waals surface area contributed by atoms with Crippen LogP contribution in [0.4, 0.5) is 0 Å². The van der Waals surface area contributed by atoms with Gasteiger partial charge in [0.25, 0.3) is 0 Å². The van der Waals surface area contributed by atoms with Crippen molar-refractivity contribution < 1.29 is 29.3 Å². The molecule has 0 radical (unpaired) electrons. The lowest BCUT2D eigenvalue weighted by atomic mass is 9.78. The number of methoxy groups -OCH3 is 2. The van der Waals surface area contributed by atoms with E-state index in [1.165, 1.54) is 14.2 Å². The molecular formula is C26H34O6. The van der Waals surface area contributed by atoms with Crippen LogP contribution in [0.5, 0.6) is 11.5 Å². The molecule has 174 valence electrons. The average Bonchev–Trinajstić information content (AvgIpc) is 2.66. The molecule has 0 aliphatic rings. The standard InChI is InChI=1S/C26H34O6/c1-13-15(11-17(25(3,4)5)21(27)19(13)23(29)31-9)16-12-18(26(6,7)8)22(28)20(14(16)2)24(30)32-10/h11-12,27-28H,1-10H3. The largest absolute Gasteiger partial charge is 0.507 e. The molecule has 0 aromatic heterocycles. The second-order valence-corrected chi connectivity index (χ2v) is 10.1. The molecule has 0 amide bonds. The number of hydrogen-bond acceptors (Lipinski definition) is 6. The Balaban J connectivity index is 3.12. The third kappa shape index (κ3) is 4.31. The van der Waals surface area contributed by atoms with Crippen LogP contribution < -0.4 is 0 Å². The van der Waals surface area contributed by atoms with Gasteiger partial charge in [0, 0.05) is 11.1 Å². The summed E-state index contributed by atoms with van der Waals surface area (Å²) in [6, 6.07) is 3.67. The van der Waals surface area contributed by atoms with Gasteiger partial charge in [-0.05, 0) is 59.1 Å². The van der Waals surface area contributed by atoms with Crippen LogP contribution >= 0.6 is 0 Å². The summed E-state index contributed by atoms with van der Waals surface area (Å²) in [5.74, 6) is -1.53. The number of phenolic OH excluding ortho intramolecular Hbond substituents is 2. The van der Waals surface area contributed by atoms with Gasteiger partial charge in [-0.2, -0.15) is 0 Å². The van der Waals surface area contributed by atoms with Gasteiger partial charge in [0.2, 0.25) is 0 Å². The van der Waals surface area contributed by atoms with E-state index in [-0.39, 0.29) is 22.6 Å². The van der Waals surface area contributed by atoms with Crippen LogP contribution in [-0.2, 0) is 20.3 Å². The summed E-state index contributed by atoms with van der Waals surface area (Å²) in [4.78, 5) is 25.2. The minimum Gasteiger partial charge on any atom is -0.507 e. The molecule has 0 saturated heterocycles. The third-order valence-electron chi connectivity index (χ3n) is 5.80. The van der Waals surface area contributed by atoms with Crippen LogP contribution in [0, 0.1) is 13.8 Å². The Morgan fingerprint density at radius 3 is 1.19 bits per heavy atom. The topological polar surface area (TPSA) is 93.1 Å². The van der Waals surface area contributed by atoms with Crippen molar-refractivity contribution >= 4 is 11.9 Å². The number of aromatic hydroxyl groups is 2. The molecule has 0 heterocycles. The van der Waals surface area contributed by atoms with Gasteiger partial charge < -0.3 is 19.7 Å². The summed E-state index contributed by atoms with van der Waals surface area (Å²) in [6.45, 7) is 15.1. The fraction of sp³-hybridized carbons (Fsp3) is 0.462. The van der Waals surface area contributed by atoms with Crippen LogP contribution in [0.15, 0.2) is 12.1 Å². The number of esters is 2. The van der Waals surface area contributed by atoms with Crippen molar-refractivity contribution in [2.24, 2.45) is 0 Å². The van der Waals surface area contributed by atoms with E-state index in [1.807, 2.05) is 53.7 Å². The van der Waals surface area contributed by atoms with Crippen molar-refractivity contribution in [1.82, 2.24) is 0 Å². The Labute approximate surface area is 190 Å². The number of benzene rings is 2. The number of ether oxygens (including phenoxy) is 2. The van der Waals surface area contributed by atoms with Crippen molar-refractivity contribution in [2.45, 2.75) is 66.2 Å². The van der Waals surface area contributed by atoms with Gasteiger partial charge in [0.05, 0.1) is 14.2 Å². The molecule has 2 aromatic carbocycles. The molecule has 0 atom stereocenters. The highest BCUT2D eigenvalue weighted by Gasteiger charge is 2.31. The molecule has 0 fully saturated rings. The van der Waals surface area contributed by atoms with Crippen LogP contribution in [0.25, 0.3) is 11.1 Å². The van der Waals surface area contributed by atoms with Crippen molar-refractivity contribution in [3.8, 4) is 22.6 Å². The Hall–Kier alpha value is -3.02. The number of rotatable bonds is 3. The fourth-order valence-corrected chi connectivity index (χ4v) is 3.94. The molecule has 2 rings (SSSR count). The highest BCUT2D eigenvalue weighted by Crippen LogP contribution is 2.45. The summed E-state index contributed by atoms with van der Waals surface area (Å²) in [6.07, 6.45) is 0. The van der Waals surface area contributed by atoms with E-state index in [0.717, 1.165) is 0 Å². The zero-order valence-electron chi connectivity index (χ0n) is 20.7. The predicted molar refractivity (Wildman–Crippen MR) is 125 cm³/mol. The Morgan fingerprint density at radius 1 is 0.688 bits per heavy atom. The van der Waals surface area contributed by atoms with Crippen LogP contribution in [0.1, 0.15) is 84.5 Å². The van der Waals surface area contributed by atoms with E-state index in [0.29, 0.717) is 33.4 Å². The quantitative estimate of drug-likeness (QED) is 0.606. The summed E-state index contributed by atoms with van der Waals surface area (Å²) < 4.78 is 9.90. The van der Waals surface area contributed by atoms with Gasteiger partial charge in [-0.3, -0.25) is 0 Å². The first-order valence-electron chi connectivity index (χ1n) is 10.5. The van der Waals surface area contributed by atoms with E-state index in [1.54, 1.807) is 13.8 Å². The van der Waals surface area contributed by atoms with Crippen LogP contribution in [-0.4, -0.2) is 36.4 Å². The lowest BCUT2D eigenvalue weighted by molar-refractivity contribution is 0.0586. The zero-order chi connectivity index (χ0) is 24.8. The molecule has 0 saturated carbocycles. The molecule has 0 bridgehead atoms. The van der Waals surface area contributed by atoms with E-state index in [4.69, 9.17) is 9.47 Å². The summed E-state index contributed by atoms with van der Waals surface area (Å²) >= 11 is 0. The summed E-state index contributed by atoms with van der Waals surface area (Å²) in [5, 5.41) is 21.9. The third-order valence-corrected chi connectivity index (χ3v) is 5.80. The Morgan fingerprint density at radius 2 is 0.969 bits per heavy atom. The highest BCUT2D eigenvalue weighted by atomic mass is 16.5. The normalized spacial score (nSPS) is 11.9. The van der Waals surface area contributed by atoms with Crippen LogP contribution in [0.3, 0.4) is 0 Å². The Kier molecular flexibility index (Phi) is 6.70. The minimum absolute atomic E-state index is 0.0827. The van der Waals surface area contributed by atoms with Gasteiger partial charge >= 0.3 is 11.9 Å². The molecule has 0 aliphatic carbocycles. The number of carbonyl (C=O) groups excluding carboxylic acids is 2. The van der Waals surface area contributed by atoms with Crippen LogP contribution in [0.2, 0.25) is 0 Å². The summed E-state index contributed by atoms with van der Waals surface area (Å²) in [5.41, 5.74) is 2.74. The fourth-order valence-electron chi connectivity index (χ4n) is 3.94. The lowest BCUT2D eigenvalue weighted by Crippen LogP contribution is -2.17. The number of carbonyl (C=O) groups is 2. The first-order valence-corrected chi connectivity index (χ1v) is 10.5. The maximum atomic E-state index is 12.6. The molecule has 0 spiro atoms. The van der Waals surface area contributed by atoms with E-state index in [2.05, 4.69) is 0 Å². The monoisotopic (exact) mass is 442 g/mol. The smallest absolute Gasteiger partial charge is 0.341 e. The van der Waals surface area contributed by atoms with Gasteiger partial charge in [-0.15, -0.1) is 0 Å². The molecule has 6 heteroatoms. The second kappa shape index (κ2) is 8.49. The van der Waals surface area contributed by atoms with Crippen molar-refractivity contribution in [3.63, 3.8) is 0 Å². The number of phenols is 2. The predicted octanol–water partition coefficient (Wildman–Crippen LogP) is 5.55. The first kappa shape index (κ1) is 25.2. The zero-order valence-corrected chi connectivity index (χ0v) is 20.7. The molecule has 32 heavy (non-hydrogen) atoms. The molecule has 6 nitrogen and oxygen atoms in total. The Bertz CT molecular complexity index is 994. The van der Waals surface area contributed by atoms with Gasteiger partial charge in [-0.25, -0.2) is 9.59 Å². The minimum atomic E-state index is -0.645. The molecule has 0 aliphatic heterocycles. The van der Waals surface area contributed by atoms with Gasteiger partial charge in [-0.1, -0.05) is 41.5 Å². The van der Waals surface area contributed by atoms with Crippen molar-refractivity contribution in [3.05, 3.63) is 45.5 Å². The summed E-state index contributed by atoms with van der Waals surface area (Å²) in [7, 11) is 2.53. The van der Waals surface area contributed by atoms with Gasteiger partial charge in [0.1, 0.15) is 22.6 Å². The molecular weight excluding hydrogens is 408 g/mol. The highest BCUT2D eigenvalue weighted by molar-refractivity contribution is 6.00. The van der Waals surface area contributed by atoms with E-state index >= 15 is 0 Å². The van der Waals surface area contributed by atoms with E-state index < -0.39 is 22.8 Å². The number of hydrogen-bond donors (Lipinski definition) is 2.